The highest BCUT2D eigenvalue weighted by Crippen LogP contribution is 2.32. The van der Waals surface area contributed by atoms with E-state index in [0.717, 1.165) is 0 Å². The van der Waals surface area contributed by atoms with Crippen molar-refractivity contribution in [2.75, 3.05) is 7.11 Å². The minimum atomic E-state index is -0.00421. The molecule has 0 atom stereocenters. The average molecular weight is 220 g/mol. The van der Waals surface area contributed by atoms with Crippen LogP contribution in [0.4, 0.5) is 0 Å². The summed E-state index contributed by atoms with van der Waals surface area (Å²) in [5.41, 5.74) is 0.570. The van der Waals surface area contributed by atoms with Crippen LogP contribution in [0.3, 0.4) is 0 Å². The number of hydrogen-bond acceptors (Lipinski definition) is 3. The van der Waals surface area contributed by atoms with Gasteiger partial charge in [-0.2, -0.15) is 4.91 Å². The summed E-state index contributed by atoms with van der Waals surface area (Å²) >= 11 is 11.6. The molecule has 13 heavy (non-hydrogen) atoms. The lowest BCUT2D eigenvalue weighted by molar-refractivity contribution is 0.414. The molecule has 0 radical (unpaired) electrons. The zero-order valence-corrected chi connectivity index (χ0v) is 8.39. The molecule has 0 saturated heterocycles. The van der Waals surface area contributed by atoms with Gasteiger partial charge in [-0.25, -0.2) is 0 Å². The van der Waals surface area contributed by atoms with E-state index in [-0.39, 0.29) is 6.54 Å². The van der Waals surface area contributed by atoms with Crippen molar-refractivity contribution in [3.05, 3.63) is 32.6 Å². The quantitative estimate of drug-likeness (QED) is 0.733. The largest absolute Gasteiger partial charge is 0.495 e. The fraction of sp³-hybridized carbons (Fsp3) is 0.250. The van der Waals surface area contributed by atoms with Gasteiger partial charge in [-0.1, -0.05) is 28.4 Å². The van der Waals surface area contributed by atoms with E-state index < -0.39 is 0 Å². The molecule has 0 amide bonds. The van der Waals surface area contributed by atoms with Crippen molar-refractivity contribution in [3.63, 3.8) is 0 Å². The number of rotatable bonds is 3. The van der Waals surface area contributed by atoms with Gasteiger partial charge in [0.15, 0.2) is 0 Å². The van der Waals surface area contributed by atoms with Gasteiger partial charge in [-0.3, -0.25) is 0 Å². The molecule has 0 aliphatic carbocycles. The fourth-order valence-electron chi connectivity index (χ4n) is 0.951. The van der Waals surface area contributed by atoms with Gasteiger partial charge in [-0.15, -0.1) is 0 Å². The molecule has 1 aromatic carbocycles. The Kier molecular flexibility index (Phi) is 3.51. The number of methoxy groups -OCH3 is 1. The van der Waals surface area contributed by atoms with Crippen LogP contribution in [0.25, 0.3) is 0 Å². The molecule has 0 bridgehead atoms. The Hall–Kier alpha value is -0.800. The third-order valence-corrected chi connectivity index (χ3v) is 2.18. The van der Waals surface area contributed by atoms with Gasteiger partial charge < -0.3 is 4.74 Å². The molecule has 0 heterocycles. The van der Waals surface area contributed by atoms with Gasteiger partial charge in [0.2, 0.25) is 0 Å². The summed E-state index contributed by atoms with van der Waals surface area (Å²) in [5.74, 6) is 0.452. The van der Waals surface area contributed by atoms with Crippen molar-refractivity contribution in [1.82, 2.24) is 0 Å². The number of benzene rings is 1. The van der Waals surface area contributed by atoms with E-state index in [1.807, 2.05) is 0 Å². The highest BCUT2D eigenvalue weighted by molar-refractivity contribution is 6.34. The maximum Gasteiger partial charge on any atom is 0.139 e. The molecule has 3 nitrogen and oxygen atoms in total. The van der Waals surface area contributed by atoms with Crippen molar-refractivity contribution in [2.24, 2.45) is 5.18 Å². The topological polar surface area (TPSA) is 38.7 Å². The minimum Gasteiger partial charge on any atom is -0.495 e. The summed E-state index contributed by atoms with van der Waals surface area (Å²) < 4.78 is 4.95. The molecule has 0 saturated carbocycles. The van der Waals surface area contributed by atoms with Crippen LogP contribution in [0.1, 0.15) is 5.56 Å². The predicted molar refractivity (Wildman–Crippen MR) is 52.5 cm³/mol. The number of halogens is 2. The second-order valence-electron chi connectivity index (χ2n) is 2.37. The van der Waals surface area contributed by atoms with Crippen LogP contribution in [0.5, 0.6) is 5.75 Å². The lowest BCUT2D eigenvalue weighted by atomic mass is 10.2. The standard InChI is InChI=1S/C8H7Cl2NO2/c1-13-7-3-6(9)2-5(4-11-12)8(7)10/h2-3H,4H2,1H3. The minimum absolute atomic E-state index is 0.00421. The van der Waals surface area contributed by atoms with E-state index in [9.17, 15) is 4.91 Å². The first-order valence-corrected chi connectivity index (χ1v) is 4.25. The van der Waals surface area contributed by atoms with Gasteiger partial charge in [0, 0.05) is 16.7 Å². The van der Waals surface area contributed by atoms with Crippen LogP contribution in [-0.2, 0) is 6.54 Å². The average Bonchev–Trinajstić information content (AvgIpc) is 2.11. The van der Waals surface area contributed by atoms with Crippen molar-refractivity contribution >= 4 is 23.2 Å². The Morgan fingerprint density at radius 3 is 2.69 bits per heavy atom. The zero-order valence-electron chi connectivity index (χ0n) is 6.88. The number of nitroso groups, excluding NO2 is 1. The van der Waals surface area contributed by atoms with Crippen molar-refractivity contribution < 1.29 is 4.74 Å². The lowest BCUT2D eigenvalue weighted by Crippen LogP contribution is -1.89. The number of ether oxygens (including phenoxy) is 1. The van der Waals surface area contributed by atoms with Gasteiger partial charge in [0.05, 0.1) is 12.1 Å². The Balaban J connectivity index is 3.18. The van der Waals surface area contributed by atoms with Crippen molar-refractivity contribution in [2.45, 2.75) is 6.54 Å². The Labute approximate surface area is 85.6 Å². The smallest absolute Gasteiger partial charge is 0.139 e. The van der Waals surface area contributed by atoms with Crippen LogP contribution in [0.15, 0.2) is 17.3 Å². The molecule has 1 aromatic rings. The van der Waals surface area contributed by atoms with E-state index in [0.29, 0.717) is 21.4 Å². The number of hydrogen-bond donors (Lipinski definition) is 0. The fourth-order valence-corrected chi connectivity index (χ4v) is 1.43. The number of nitrogens with zero attached hydrogens (tertiary/aromatic N) is 1. The Morgan fingerprint density at radius 2 is 2.15 bits per heavy atom. The molecule has 0 aromatic heterocycles. The Morgan fingerprint density at radius 1 is 1.46 bits per heavy atom. The normalized spacial score (nSPS) is 9.77. The molecule has 0 aliphatic rings. The highest BCUT2D eigenvalue weighted by atomic mass is 35.5. The van der Waals surface area contributed by atoms with Crippen LogP contribution in [0.2, 0.25) is 10.0 Å². The third kappa shape index (κ3) is 2.32. The van der Waals surface area contributed by atoms with Gasteiger partial charge >= 0.3 is 0 Å². The summed E-state index contributed by atoms with van der Waals surface area (Å²) in [6.07, 6.45) is 0. The molecular weight excluding hydrogens is 213 g/mol. The van der Waals surface area contributed by atoms with E-state index in [1.165, 1.54) is 7.11 Å². The first-order chi connectivity index (χ1) is 6.19. The summed E-state index contributed by atoms with van der Waals surface area (Å²) in [5, 5.41) is 3.59. The molecule has 0 spiro atoms. The summed E-state index contributed by atoms with van der Waals surface area (Å²) in [6, 6.07) is 3.17. The molecule has 0 aliphatic heterocycles. The van der Waals surface area contributed by atoms with E-state index >= 15 is 0 Å². The van der Waals surface area contributed by atoms with Gasteiger partial charge in [-0.05, 0) is 6.07 Å². The lowest BCUT2D eigenvalue weighted by Gasteiger charge is -2.06. The first-order valence-electron chi connectivity index (χ1n) is 3.50. The third-order valence-electron chi connectivity index (χ3n) is 1.53. The van der Waals surface area contributed by atoms with Crippen molar-refractivity contribution in [1.29, 1.82) is 0 Å². The van der Waals surface area contributed by atoms with Gasteiger partial charge in [0.25, 0.3) is 0 Å². The maximum absolute atomic E-state index is 10.0. The summed E-state index contributed by atoms with van der Waals surface area (Å²) in [6.45, 7) is -0.00421. The van der Waals surface area contributed by atoms with E-state index in [1.54, 1.807) is 12.1 Å². The van der Waals surface area contributed by atoms with Gasteiger partial charge in [0.1, 0.15) is 12.3 Å². The summed E-state index contributed by atoms with van der Waals surface area (Å²) in [4.78, 5) is 10.0. The Bertz CT molecular complexity index is 328. The molecule has 70 valence electrons. The first kappa shape index (κ1) is 10.3. The van der Waals surface area contributed by atoms with Crippen LogP contribution in [0, 0.1) is 4.91 Å². The van der Waals surface area contributed by atoms with Crippen LogP contribution in [-0.4, -0.2) is 7.11 Å². The second kappa shape index (κ2) is 4.44. The molecule has 0 N–H and O–H groups in total. The maximum atomic E-state index is 10.0. The van der Waals surface area contributed by atoms with Crippen molar-refractivity contribution in [3.8, 4) is 5.75 Å². The molecular formula is C8H7Cl2NO2. The molecule has 0 fully saturated rings. The molecule has 5 heteroatoms. The van der Waals surface area contributed by atoms with E-state index in [2.05, 4.69) is 5.18 Å². The monoisotopic (exact) mass is 219 g/mol. The van der Waals surface area contributed by atoms with E-state index in [4.69, 9.17) is 27.9 Å². The van der Waals surface area contributed by atoms with Crippen LogP contribution >= 0.6 is 23.2 Å². The SMILES string of the molecule is COc1cc(Cl)cc(CN=O)c1Cl. The highest BCUT2D eigenvalue weighted by Gasteiger charge is 2.08. The second-order valence-corrected chi connectivity index (χ2v) is 3.18. The zero-order chi connectivity index (χ0) is 9.84. The molecule has 0 unspecified atom stereocenters. The molecule has 1 rings (SSSR count). The summed E-state index contributed by atoms with van der Waals surface area (Å²) in [7, 11) is 1.48. The van der Waals surface area contributed by atoms with Crippen LogP contribution < -0.4 is 4.74 Å². The predicted octanol–water partition coefficient (Wildman–Crippen LogP) is 3.27.